The number of rotatable bonds is 5. The Morgan fingerprint density at radius 1 is 1.22 bits per heavy atom. The van der Waals surface area contributed by atoms with Crippen LogP contribution in [0, 0.1) is 6.92 Å². The lowest BCUT2D eigenvalue weighted by atomic mass is 9.98. The highest BCUT2D eigenvalue weighted by Crippen LogP contribution is 2.38. The highest BCUT2D eigenvalue weighted by atomic mass is 16.1. The van der Waals surface area contributed by atoms with Crippen molar-refractivity contribution in [3.8, 4) is 11.4 Å². The first-order valence-electron chi connectivity index (χ1n) is 8.41. The van der Waals surface area contributed by atoms with E-state index in [4.69, 9.17) is 0 Å². The van der Waals surface area contributed by atoms with Crippen LogP contribution in [-0.4, -0.2) is 14.8 Å². The summed E-state index contributed by atoms with van der Waals surface area (Å²) in [6.07, 6.45) is 5.73. The van der Waals surface area contributed by atoms with E-state index in [2.05, 4.69) is 29.2 Å². The summed E-state index contributed by atoms with van der Waals surface area (Å²) in [5, 5.41) is 8.15. The fraction of sp³-hybridized carbons (Fsp3) is 0.500. The van der Waals surface area contributed by atoms with Gasteiger partial charge >= 0.3 is 0 Å². The molecule has 5 heteroatoms. The molecule has 0 fully saturated rings. The number of nitrogens with one attached hydrogen (secondary N) is 1. The Bertz CT molecular complexity index is 768. The standard InChI is InChI=1S/C18H24N4O/c1-4-5-6-9-12-18(3)20-15-11-8-7-10-14(15)16-19-17(23)13(2)21-22(16)18/h7-8,10-11,20H,4-6,9,12H2,1-3H3/t18-/m1/s1. The third-order valence-corrected chi connectivity index (χ3v) is 4.52. The number of anilines is 1. The molecule has 0 amide bonds. The molecule has 1 aromatic carbocycles. The number of aryl methyl sites for hydroxylation is 1. The number of nitrogens with zero attached hydrogens (tertiary/aromatic N) is 3. The molecule has 0 bridgehead atoms. The predicted molar refractivity (Wildman–Crippen MR) is 92.5 cm³/mol. The smallest absolute Gasteiger partial charge is 0.294 e. The first-order valence-corrected chi connectivity index (χ1v) is 8.41. The van der Waals surface area contributed by atoms with Crippen LogP contribution in [0.1, 0.15) is 51.6 Å². The van der Waals surface area contributed by atoms with Gasteiger partial charge in [-0.05, 0) is 38.8 Å². The van der Waals surface area contributed by atoms with Gasteiger partial charge in [0.1, 0.15) is 11.4 Å². The maximum atomic E-state index is 12.0. The molecular weight excluding hydrogens is 288 g/mol. The fourth-order valence-electron chi connectivity index (χ4n) is 3.18. The van der Waals surface area contributed by atoms with E-state index in [9.17, 15) is 4.79 Å². The van der Waals surface area contributed by atoms with E-state index < -0.39 is 0 Å². The van der Waals surface area contributed by atoms with Crippen molar-refractivity contribution in [1.82, 2.24) is 14.8 Å². The molecule has 1 aromatic heterocycles. The lowest BCUT2D eigenvalue weighted by Crippen LogP contribution is -2.45. The maximum absolute atomic E-state index is 12.0. The molecular formula is C18H24N4O. The van der Waals surface area contributed by atoms with Crippen LogP contribution < -0.4 is 10.9 Å². The molecule has 0 saturated carbocycles. The Kier molecular flexibility index (Phi) is 4.20. The van der Waals surface area contributed by atoms with E-state index >= 15 is 0 Å². The van der Waals surface area contributed by atoms with Gasteiger partial charge < -0.3 is 5.32 Å². The average molecular weight is 312 g/mol. The maximum Gasteiger partial charge on any atom is 0.294 e. The van der Waals surface area contributed by atoms with Gasteiger partial charge in [0.2, 0.25) is 0 Å². The van der Waals surface area contributed by atoms with Crippen molar-refractivity contribution >= 4 is 5.69 Å². The van der Waals surface area contributed by atoms with E-state index in [0.29, 0.717) is 11.5 Å². The van der Waals surface area contributed by atoms with Gasteiger partial charge in [-0.3, -0.25) is 4.79 Å². The first kappa shape index (κ1) is 15.7. The van der Waals surface area contributed by atoms with Crippen molar-refractivity contribution in [3.63, 3.8) is 0 Å². The summed E-state index contributed by atoms with van der Waals surface area (Å²) < 4.78 is 1.90. The van der Waals surface area contributed by atoms with Crippen LogP contribution in [0.5, 0.6) is 0 Å². The fourth-order valence-corrected chi connectivity index (χ4v) is 3.18. The Morgan fingerprint density at radius 2 is 2.00 bits per heavy atom. The summed E-state index contributed by atoms with van der Waals surface area (Å²) in [7, 11) is 0. The van der Waals surface area contributed by atoms with Gasteiger partial charge in [0, 0.05) is 11.3 Å². The molecule has 1 aliphatic rings. The lowest BCUT2D eigenvalue weighted by Gasteiger charge is -2.39. The number of para-hydroxylation sites is 1. The summed E-state index contributed by atoms with van der Waals surface area (Å²) in [5.41, 5.74) is 1.78. The van der Waals surface area contributed by atoms with Crippen LogP contribution in [0.15, 0.2) is 29.1 Å². The number of benzene rings is 1. The molecule has 3 rings (SSSR count). The van der Waals surface area contributed by atoms with E-state index in [0.717, 1.165) is 24.1 Å². The van der Waals surface area contributed by atoms with Gasteiger partial charge in [0.15, 0.2) is 5.82 Å². The van der Waals surface area contributed by atoms with Crippen molar-refractivity contribution in [2.24, 2.45) is 0 Å². The second kappa shape index (κ2) is 6.14. The summed E-state index contributed by atoms with van der Waals surface area (Å²) >= 11 is 0. The zero-order valence-corrected chi connectivity index (χ0v) is 14.1. The zero-order valence-electron chi connectivity index (χ0n) is 14.1. The Balaban J connectivity index is 2.05. The van der Waals surface area contributed by atoms with Crippen molar-refractivity contribution in [2.75, 3.05) is 5.32 Å². The van der Waals surface area contributed by atoms with Crippen LogP contribution in [0.4, 0.5) is 5.69 Å². The van der Waals surface area contributed by atoms with Crippen molar-refractivity contribution < 1.29 is 0 Å². The highest BCUT2D eigenvalue weighted by Gasteiger charge is 2.35. The Labute approximate surface area is 136 Å². The highest BCUT2D eigenvalue weighted by molar-refractivity contribution is 5.76. The van der Waals surface area contributed by atoms with Crippen LogP contribution in [0.3, 0.4) is 0 Å². The molecule has 23 heavy (non-hydrogen) atoms. The van der Waals surface area contributed by atoms with Gasteiger partial charge in [-0.25, -0.2) is 4.68 Å². The molecule has 2 heterocycles. The molecule has 122 valence electrons. The quantitative estimate of drug-likeness (QED) is 0.856. The molecule has 0 unspecified atom stereocenters. The minimum Gasteiger partial charge on any atom is -0.361 e. The van der Waals surface area contributed by atoms with Gasteiger partial charge in [-0.15, -0.1) is 0 Å². The third kappa shape index (κ3) is 2.87. The van der Waals surface area contributed by atoms with E-state index in [1.54, 1.807) is 6.92 Å². The third-order valence-electron chi connectivity index (χ3n) is 4.52. The molecule has 0 spiro atoms. The Morgan fingerprint density at radius 3 is 2.78 bits per heavy atom. The zero-order chi connectivity index (χ0) is 16.4. The van der Waals surface area contributed by atoms with Crippen LogP contribution in [0.25, 0.3) is 11.4 Å². The molecule has 0 saturated heterocycles. The molecule has 5 nitrogen and oxygen atoms in total. The van der Waals surface area contributed by atoms with E-state index in [1.165, 1.54) is 19.3 Å². The van der Waals surface area contributed by atoms with Crippen LogP contribution in [0.2, 0.25) is 0 Å². The number of hydrogen-bond donors (Lipinski definition) is 1. The molecule has 1 aliphatic heterocycles. The number of fused-ring (bicyclic) bond motifs is 3. The van der Waals surface area contributed by atoms with Gasteiger partial charge in [-0.2, -0.15) is 10.1 Å². The average Bonchev–Trinajstić information content (AvgIpc) is 2.54. The second-order valence-corrected chi connectivity index (χ2v) is 6.49. The van der Waals surface area contributed by atoms with E-state index in [-0.39, 0.29) is 11.2 Å². The predicted octanol–water partition coefficient (Wildman–Crippen LogP) is 3.68. The summed E-state index contributed by atoms with van der Waals surface area (Å²) in [6, 6.07) is 7.98. The minimum absolute atomic E-state index is 0.249. The number of aromatic nitrogens is 3. The summed E-state index contributed by atoms with van der Waals surface area (Å²) in [6.45, 7) is 6.07. The van der Waals surface area contributed by atoms with Crippen molar-refractivity contribution in [1.29, 1.82) is 0 Å². The van der Waals surface area contributed by atoms with Gasteiger partial charge in [-0.1, -0.05) is 38.3 Å². The van der Waals surface area contributed by atoms with Crippen molar-refractivity contribution in [3.05, 3.63) is 40.3 Å². The Hall–Kier alpha value is -2.17. The number of unbranched alkanes of at least 4 members (excludes halogenated alkanes) is 3. The minimum atomic E-state index is -0.358. The van der Waals surface area contributed by atoms with E-state index in [1.807, 2.05) is 28.9 Å². The second-order valence-electron chi connectivity index (χ2n) is 6.49. The summed E-state index contributed by atoms with van der Waals surface area (Å²) in [5.74, 6) is 0.660. The number of hydrogen-bond acceptors (Lipinski definition) is 4. The van der Waals surface area contributed by atoms with Gasteiger partial charge in [0.25, 0.3) is 5.56 Å². The normalized spacial score (nSPS) is 18.9. The molecule has 1 N–H and O–H groups in total. The molecule has 2 aromatic rings. The molecule has 1 atom stereocenters. The van der Waals surface area contributed by atoms with Crippen molar-refractivity contribution in [2.45, 2.75) is 58.5 Å². The first-order chi connectivity index (χ1) is 11.0. The van der Waals surface area contributed by atoms with Gasteiger partial charge in [0.05, 0.1) is 0 Å². The van der Waals surface area contributed by atoms with Crippen LogP contribution >= 0.6 is 0 Å². The monoisotopic (exact) mass is 312 g/mol. The molecule has 0 radical (unpaired) electrons. The molecule has 0 aliphatic carbocycles. The van der Waals surface area contributed by atoms with Crippen LogP contribution in [-0.2, 0) is 5.66 Å². The largest absolute Gasteiger partial charge is 0.361 e. The SMILES string of the molecule is CCCCCC[C@]1(C)Nc2ccccc2-c2nc(=O)c(C)nn21. The summed E-state index contributed by atoms with van der Waals surface area (Å²) in [4.78, 5) is 16.3. The topological polar surface area (TPSA) is 59.8 Å². The lowest BCUT2D eigenvalue weighted by molar-refractivity contribution is 0.286.